The van der Waals surface area contributed by atoms with Crippen LogP contribution in [0.2, 0.25) is 0 Å². The molecule has 0 unspecified atom stereocenters. The fraction of sp³-hybridized carbons (Fsp3) is 0.636. The topological polar surface area (TPSA) is 83.8 Å². The molecule has 0 atom stereocenters. The van der Waals surface area contributed by atoms with Gasteiger partial charge in [0.25, 0.3) is 5.91 Å². The lowest BCUT2D eigenvalue weighted by molar-refractivity contribution is 0.0918. The zero-order valence-electron chi connectivity index (χ0n) is 9.49. The summed E-state index contributed by atoms with van der Waals surface area (Å²) in [5.74, 6) is 1.03. The summed E-state index contributed by atoms with van der Waals surface area (Å²) in [5.41, 5.74) is 5.89. The van der Waals surface area contributed by atoms with Crippen LogP contribution in [0.3, 0.4) is 0 Å². The van der Waals surface area contributed by atoms with Crippen LogP contribution in [0, 0.1) is 5.92 Å². The number of nitrogens with zero attached hydrogens (tertiary/aromatic N) is 1. The van der Waals surface area contributed by atoms with Gasteiger partial charge in [0.1, 0.15) is 11.5 Å². The van der Waals surface area contributed by atoms with Gasteiger partial charge in [0.2, 0.25) is 0 Å². The summed E-state index contributed by atoms with van der Waals surface area (Å²) in [6.07, 6.45) is 4.51. The van der Waals surface area contributed by atoms with Crippen LogP contribution < -0.4 is 11.1 Å². The Morgan fingerprint density at radius 1 is 1.50 bits per heavy atom. The molecule has 2 rings (SSSR count). The van der Waals surface area contributed by atoms with E-state index in [1.807, 2.05) is 0 Å². The number of nitrogens with two attached hydrogens (primary N) is 1. The first-order valence-corrected chi connectivity index (χ1v) is 5.77. The minimum absolute atomic E-state index is 0.108. The third-order valence-corrected chi connectivity index (χ3v) is 3.19. The lowest BCUT2D eigenvalue weighted by atomic mass is 9.87. The highest BCUT2D eigenvalue weighted by atomic mass is 16.2. The quantitative estimate of drug-likeness (QED) is 0.705. The zero-order valence-corrected chi connectivity index (χ0v) is 9.49. The maximum Gasteiger partial charge on any atom is 0.269 e. The number of aromatic nitrogens is 2. The van der Waals surface area contributed by atoms with Crippen LogP contribution in [-0.2, 0) is 0 Å². The maximum atomic E-state index is 11.8. The lowest BCUT2D eigenvalue weighted by Gasteiger charge is -2.26. The predicted octanol–water partition coefficient (Wildman–Crippen LogP) is 1.30. The van der Waals surface area contributed by atoms with E-state index in [4.69, 9.17) is 5.73 Å². The van der Waals surface area contributed by atoms with Gasteiger partial charge in [-0.15, -0.1) is 0 Å². The van der Waals surface area contributed by atoms with Crippen LogP contribution in [0.15, 0.2) is 6.07 Å². The Morgan fingerprint density at radius 3 is 2.75 bits per heavy atom. The van der Waals surface area contributed by atoms with Gasteiger partial charge in [-0.1, -0.05) is 6.92 Å². The Morgan fingerprint density at radius 2 is 2.19 bits per heavy atom. The van der Waals surface area contributed by atoms with Crippen molar-refractivity contribution in [1.82, 2.24) is 15.5 Å². The summed E-state index contributed by atoms with van der Waals surface area (Å²) < 4.78 is 0. The Hall–Kier alpha value is -1.52. The first-order valence-electron chi connectivity index (χ1n) is 5.77. The average Bonchev–Trinajstić information content (AvgIpc) is 2.68. The number of rotatable bonds is 2. The Balaban J connectivity index is 1.88. The van der Waals surface area contributed by atoms with E-state index < -0.39 is 0 Å². The van der Waals surface area contributed by atoms with Crippen molar-refractivity contribution in [1.29, 1.82) is 0 Å². The van der Waals surface area contributed by atoms with E-state index in [9.17, 15) is 4.79 Å². The number of carbonyl (C=O) groups is 1. The molecular formula is C11H18N4O. The van der Waals surface area contributed by atoms with Gasteiger partial charge < -0.3 is 11.1 Å². The van der Waals surface area contributed by atoms with E-state index in [1.165, 1.54) is 12.8 Å². The number of anilines is 1. The van der Waals surface area contributed by atoms with Gasteiger partial charge in [-0.2, -0.15) is 5.10 Å². The van der Waals surface area contributed by atoms with Crippen molar-refractivity contribution in [3.63, 3.8) is 0 Å². The minimum Gasteiger partial charge on any atom is -0.382 e. The standard InChI is InChI=1S/C11H18N4O/c1-7-2-4-8(5-3-7)13-11(16)9-6-10(12)15-14-9/h6-8H,2-5H2,1H3,(H,13,16)(H3,12,14,15). The average molecular weight is 222 g/mol. The van der Waals surface area contributed by atoms with Gasteiger partial charge >= 0.3 is 0 Å². The molecular weight excluding hydrogens is 204 g/mol. The van der Waals surface area contributed by atoms with E-state index in [2.05, 4.69) is 22.4 Å². The molecule has 0 aromatic carbocycles. The molecule has 0 aliphatic heterocycles. The van der Waals surface area contributed by atoms with Gasteiger partial charge in [-0.05, 0) is 31.6 Å². The molecule has 4 N–H and O–H groups in total. The van der Waals surface area contributed by atoms with Crippen molar-refractivity contribution >= 4 is 11.7 Å². The number of aromatic amines is 1. The van der Waals surface area contributed by atoms with Crippen molar-refractivity contribution in [3.05, 3.63) is 11.8 Å². The molecule has 0 bridgehead atoms. The van der Waals surface area contributed by atoms with Crippen molar-refractivity contribution < 1.29 is 4.79 Å². The molecule has 1 aliphatic rings. The molecule has 1 aromatic heterocycles. The first kappa shape index (κ1) is 11.0. The molecule has 0 radical (unpaired) electrons. The van der Waals surface area contributed by atoms with Crippen molar-refractivity contribution in [3.8, 4) is 0 Å². The molecule has 5 nitrogen and oxygen atoms in total. The highest BCUT2D eigenvalue weighted by molar-refractivity contribution is 5.93. The molecule has 5 heteroatoms. The van der Waals surface area contributed by atoms with Crippen molar-refractivity contribution in [2.45, 2.75) is 38.6 Å². The van der Waals surface area contributed by atoms with Gasteiger partial charge in [-0.3, -0.25) is 9.89 Å². The summed E-state index contributed by atoms with van der Waals surface area (Å²) in [6, 6.07) is 1.86. The fourth-order valence-electron chi connectivity index (χ4n) is 2.12. The van der Waals surface area contributed by atoms with E-state index in [0.29, 0.717) is 17.6 Å². The molecule has 16 heavy (non-hydrogen) atoms. The summed E-state index contributed by atoms with van der Waals surface area (Å²) in [6.45, 7) is 2.26. The normalized spacial score (nSPS) is 25.3. The summed E-state index contributed by atoms with van der Waals surface area (Å²) in [7, 11) is 0. The number of hydrogen-bond acceptors (Lipinski definition) is 3. The maximum absolute atomic E-state index is 11.8. The summed E-state index contributed by atoms with van der Waals surface area (Å²) in [5, 5.41) is 9.35. The SMILES string of the molecule is CC1CCC(NC(=O)c2cc(N)n[nH]2)CC1. The number of carbonyl (C=O) groups excluding carboxylic acids is 1. The smallest absolute Gasteiger partial charge is 0.269 e. The van der Waals surface area contributed by atoms with Gasteiger partial charge in [0, 0.05) is 12.1 Å². The number of nitrogen functional groups attached to an aromatic ring is 1. The minimum atomic E-state index is -0.108. The Kier molecular flexibility index (Phi) is 3.12. The molecule has 1 aromatic rings. The molecule has 0 spiro atoms. The number of H-pyrrole nitrogens is 1. The Labute approximate surface area is 94.8 Å². The van der Waals surface area contributed by atoms with E-state index in [1.54, 1.807) is 6.07 Å². The first-order chi connectivity index (χ1) is 7.65. The largest absolute Gasteiger partial charge is 0.382 e. The van der Waals surface area contributed by atoms with Gasteiger partial charge in [0.05, 0.1) is 0 Å². The molecule has 1 heterocycles. The molecule has 88 valence electrons. The predicted molar refractivity (Wildman–Crippen MR) is 61.9 cm³/mol. The third-order valence-electron chi connectivity index (χ3n) is 3.19. The molecule has 1 fully saturated rings. The summed E-state index contributed by atoms with van der Waals surface area (Å²) >= 11 is 0. The van der Waals surface area contributed by atoms with Crippen molar-refractivity contribution in [2.75, 3.05) is 5.73 Å². The summed E-state index contributed by atoms with van der Waals surface area (Å²) in [4.78, 5) is 11.8. The van der Waals surface area contributed by atoms with Crippen LogP contribution in [0.25, 0.3) is 0 Å². The van der Waals surface area contributed by atoms with Crippen LogP contribution in [0.1, 0.15) is 43.1 Å². The fourth-order valence-corrected chi connectivity index (χ4v) is 2.12. The van der Waals surface area contributed by atoms with Crippen molar-refractivity contribution in [2.24, 2.45) is 5.92 Å². The second-order valence-electron chi connectivity index (χ2n) is 4.64. The van der Waals surface area contributed by atoms with Crippen LogP contribution in [0.4, 0.5) is 5.82 Å². The molecule has 1 amide bonds. The Bertz CT molecular complexity index is 366. The van der Waals surface area contributed by atoms with Crippen LogP contribution in [0.5, 0.6) is 0 Å². The second kappa shape index (κ2) is 4.55. The molecule has 1 aliphatic carbocycles. The monoisotopic (exact) mass is 222 g/mol. The molecule has 1 saturated carbocycles. The van der Waals surface area contributed by atoms with E-state index >= 15 is 0 Å². The highest BCUT2D eigenvalue weighted by Crippen LogP contribution is 2.23. The van der Waals surface area contributed by atoms with E-state index in [0.717, 1.165) is 18.8 Å². The van der Waals surface area contributed by atoms with E-state index in [-0.39, 0.29) is 5.91 Å². The molecule has 0 saturated heterocycles. The number of hydrogen-bond donors (Lipinski definition) is 3. The van der Waals surface area contributed by atoms with Gasteiger partial charge in [-0.25, -0.2) is 0 Å². The zero-order chi connectivity index (χ0) is 11.5. The highest BCUT2D eigenvalue weighted by Gasteiger charge is 2.20. The number of amides is 1. The van der Waals surface area contributed by atoms with Crippen LogP contribution in [-0.4, -0.2) is 22.1 Å². The third kappa shape index (κ3) is 2.53. The van der Waals surface area contributed by atoms with Gasteiger partial charge in [0.15, 0.2) is 0 Å². The van der Waals surface area contributed by atoms with Crippen LogP contribution >= 0.6 is 0 Å². The second-order valence-corrected chi connectivity index (χ2v) is 4.64. The lowest BCUT2D eigenvalue weighted by Crippen LogP contribution is -2.37. The number of nitrogens with one attached hydrogen (secondary N) is 2.